The highest BCUT2D eigenvalue weighted by molar-refractivity contribution is 5.16. The predicted molar refractivity (Wildman–Crippen MR) is 104 cm³/mol. The molecule has 0 spiro atoms. The second-order valence-electron chi connectivity index (χ2n) is 7.10. The van der Waals surface area contributed by atoms with E-state index in [9.17, 15) is 4.39 Å². The fraction of sp³-hybridized carbons (Fsp3) is 0.550. The van der Waals surface area contributed by atoms with Gasteiger partial charge in [-0.05, 0) is 34.5 Å². The van der Waals surface area contributed by atoms with E-state index in [-0.39, 0.29) is 11.9 Å². The summed E-state index contributed by atoms with van der Waals surface area (Å²) in [4.78, 5) is 4.92. The monoisotopic (exact) mass is 372 g/mol. The van der Waals surface area contributed by atoms with Crippen molar-refractivity contribution in [2.75, 3.05) is 32.7 Å². The third-order valence-corrected chi connectivity index (χ3v) is 5.17. The summed E-state index contributed by atoms with van der Waals surface area (Å²) in [7, 11) is 0. The predicted octanol–water partition coefficient (Wildman–Crippen LogP) is 2.90. The van der Waals surface area contributed by atoms with Crippen LogP contribution >= 0.6 is 0 Å². The normalized spacial score (nSPS) is 17.1. The second-order valence-corrected chi connectivity index (χ2v) is 7.10. The molecule has 6 nitrogen and oxygen atoms in total. The van der Waals surface area contributed by atoms with Gasteiger partial charge in [0.05, 0.1) is 12.6 Å². The molecule has 7 heteroatoms. The Hall–Kier alpha value is -2.12. The Morgan fingerprint density at radius 3 is 2.59 bits per heavy atom. The van der Waals surface area contributed by atoms with Gasteiger partial charge in [0.25, 0.3) is 0 Å². The van der Waals surface area contributed by atoms with Gasteiger partial charge < -0.3 is 0 Å². The third-order valence-electron chi connectivity index (χ3n) is 5.17. The minimum atomic E-state index is -0.228. The number of rotatable bonds is 9. The summed E-state index contributed by atoms with van der Waals surface area (Å²) in [5, 5.41) is 12.5. The number of benzene rings is 1. The zero-order valence-corrected chi connectivity index (χ0v) is 16.1. The molecule has 0 aliphatic carbocycles. The molecule has 1 aromatic heterocycles. The highest BCUT2D eigenvalue weighted by atomic mass is 19.1. The Kier molecular flexibility index (Phi) is 7.06. The molecule has 3 rings (SSSR count). The van der Waals surface area contributed by atoms with Gasteiger partial charge in [-0.2, -0.15) is 0 Å². The van der Waals surface area contributed by atoms with Gasteiger partial charge in [0, 0.05) is 32.7 Å². The molecule has 27 heavy (non-hydrogen) atoms. The van der Waals surface area contributed by atoms with Crippen LogP contribution < -0.4 is 0 Å². The summed E-state index contributed by atoms with van der Waals surface area (Å²) in [5.74, 6) is 0.679. The van der Waals surface area contributed by atoms with E-state index in [0.29, 0.717) is 6.54 Å². The first-order chi connectivity index (χ1) is 13.2. The molecule has 0 N–H and O–H groups in total. The fourth-order valence-corrected chi connectivity index (χ4v) is 3.64. The first-order valence-electron chi connectivity index (χ1n) is 9.79. The maximum Gasteiger partial charge on any atom is 0.168 e. The molecule has 1 aliphatic heterocycles. The van der Waals surface area contributed by atoms with Crippen LogP contribution in [0.5, 0.6) is 0 Å². The van der Waals surface area contributed by atoms with Gasteiger partial charge >= 0.3 is 0 Å². The molecule has 2 heterocycles. The highest BCUT2D eigenvalue weighted by Crippen LogP contribution is 2.26. The number of hydrogen-bond donors (Lipinski definition) is 0. The van der Waals surface area contributed by atoms with E-state index in [1.54, 1.807) is 12.1 Å². The van der Waals surface area contributed by atoms with Gasteiger partial charge in [-0.25, -0.2) is 9.07 Å². The van der Waals surface area contributed by atoms with Crippen molar-refractivity contribution in [2.24, 2.45) is 0 Å². The maximum absolute atomic E-state index is 13.2. The van der Waals surface area contributed by atoms with E-state index in [0.717, 1.165) is 63.4 Å². The topological polar surface area (TPSA) is 50.1 Å². The summed E-state index contributed by atoms with van der Waals surface area (Å²) >= 11 is 0. The molecule has 1 atom stereocenters. The van der Waals surface area contributed by atoms with Gasteiger partial charge in [0.15, 0.2) is 5.82 Å². The van der Waals surface area contributed by atoms with Crippen LogP contribution in [0.15, 0.2) is 36.9 Å². The first kappa shape index (κ1) is 19.6. The average Bonchev–Trinajstić information content (AvgIpc) is 3.13. The number of halogens is 1. The van der Waals surface area contributed by atoms with Crippen molar-refractivity contribution in [2.45, 2.75) is 38.8 Å². The van der Waals surface area contributed by atoms with Gasteiger partial charge in [-0.3, -0.25) is 9.80 Å². The Balaban J connectivity index is 1.74. The SMILES string of the molecule is C=CCN1CCN(C(CCCC)c2nnnn2Cc2ccc(F)cc2)CC1. The smallest absolute Gasteiger partial charge is 0.168 e. The van der Waals surface area contributed by atoms with Crippen molar-refractivity contribution in [1.82, 2.24) is 30.0 Å². The molecule has 1 unspecified atom stereocenters. The van der Waals surface area contributed by atoms with E-state index in [1.807, 2.05) is 10.8 Å². The lowest BCUT2D eigenvalue weighted by Gasteiger charge is -2.38. The van der Waals surface area contributed by atoms with Crippen LogP contribution in [0.25, 0.3) is 0 Å². The van der Waals surface area contributed by atoms with Gasteiger partial charge in [-0.1, -0.05) is 38.0 Å². The zero-order valence-electron chi connectivity index (χ0n) is 16.1. The molecule has 1 aromatic carbocycles. The van der Waals surface area contributed by atoms with Crippen LogP contribution in [0.3, 0.4) is 0 Å². The van der Waals surface area contributed by atoms with Crippen molar-refractivity contribution < 1.29 is 4.39 Å². The molecule has 0 saturated carbocycles. The van der Waals surface area contributed by atoms with Crippen LogP contribution in [-0.2, 0) is 6.54 Å². The minimum Gasteiger partial charge on any atom is -0.297 e. The number of piperazine rings is 1. The molecule has 1 fully saturated rings. The Morgan fingerprint density at radius 2 is 1.93 bits per heavy atom. The molecule has 0 bridgehead atoms. The highest BCUT2D eigenvalue weighted by Gasteiger charge is 2.28. The number of unbranched alkanes of at least 4 members (excludes halogenated alkanes) is 1. The maximum atomic E-state index is 13.2. The Labute approximate surface area is 160 Å². The molecular weight excluding hydrogens is 343 g/mol. The third kappa shape index (κ3) is 5.20. The van der Waals surface area contributed by atoms with E-state index in [2.05, 4.69) is 38.8 Å². The number of hydrogen-bond acceptors (Lipinski definition) is 5. The van der Waals surface area contributed by atoms with Crippen molar-refractivity contribution in [3.63, 3.8) is 0 Å². The average molecular weight is 372 g/mol. The van der Waals surface area contributed by atoms with E-state index >= 15 is 0 Å². The van der Waals surface area contributed by atoms with Crippen molar-refractivity contribution in [1.29, 1.82) is 0 Å². The summed E-state index contributed by atoms with van der Waals surface area (Å²) in [6.07, 6.45) is 5.29. The van der Waals surface area contributed by atoms with Crippen molar-refractivity contribution >= 4 is 0 Å². The zero-order chi connectivity index (χ0) is 19.1. The Bertz CT molecular complexity index is 706. The summed E-state index contributed by atoms with van der Waals surface area (Å²) in [6, 6.07) is 6.75. The lowest BCUT2D eigenvalue weighted by atomic mass is 10.1. The minimum absolute atomic E-state index is 0.214. The number of tetrazole rings is 1. The molecule has 0 amide bonds. The van der Waals surface area contributed by atoms with Crippen LogP contribution in [0, 0.1) is 5.82 Å². The van der Waals surface area contributed by atoms with Gasteiger partial charge in [0.2, 0.25) is 0 Å². The van der Waals surface area contributed by atoms with E-state index in [1.165, 1.54) is 12.1 Å². The van der Waals surface area contributed by atoms with Crippen molar-refractivity contribution in [3.05, 3.63) is 54.1 Å². The molecule has 0 radical (unpaired) electrons. The van der Waals surface area contributed by atoms with Crippen LogP contribution in [0.2, 0.25) is 0 Å². The van der Waals surface area contributed by atoms with Gasteiger partial charge in [-0.15, -0.1) is 11.7 Å². The fourth-order valence-electron chi connectivity index (χ4n) is 3.64. The number of nitrogens with zero attached hydrogens (tertiary/aromatic N) is 6. The number of aromatic nitrogens is 4. The molecule has 1 saturated heterocycles. The summed E-state index contributed by atoms with van der Waals surface area (Å²) < 4.78 is 15.0. The quantitative estimate of drug-likeness (QED) is 0.634. The summed E-state index contributed by atoms with van der Waals surface area (Å²) in [6.45, 7) is 11.6. The lowest BCUT2D eigenvalue weighted by Crippen LogP contribution is -2.48. The molecule has 146 valence electrons. The van der Waals surface area contributed by atoms with E-state index < -0.39 is 0 Å². The van der Waals surface area contributed by atoms with Gasteiger partial charge in [0.1, 0.15) is 5.82 Å². The van der Waals surface area contributed by atoms with Crippen LogP contribution in [0.4, 0.5) is 4.39 Å². The lowest BCUT2D eigenvalue weighted by molar-refractivity contribution is 0.0915. The molecular formula is C20H29FN6. The van der Waals surface area contributed by atoms with E-state index in [4.69, 9.17) is 0 Å². The van der Waals surface area contributed by atoms with Crippen molar-refractivity contribution in [3.8, 4) is 0 Å². The summed E-state index contributed by atoms with van der Waals surface area (Å²) in [5.41, 5.74) is 0.995. The molecule has 2 aromatic rings. The second kappa shape index (κ2) is 9.71. The van der Waals surface area contributed by atoms with Crippen LogP contribution in [-0.4, -0.2) is 62.7 Å². The molecule has 1 aliphatic rings. The Morgan fingerprint density at radius 1 is 1.19 bits per heavy atom. The largest absolute Gasteiger partial charge is 0.297 e. The standard InChI is InChI=1S/C20H29FN6/c1-3-5-6-19(26-14-12-25(11-4-2)13-15-26)20-22-23-24-27(20)16-17-7-9-18(21)10-8-17/h4,7-10,19H,2-3,5-6,11-16H2,1H3. The first-order valence-corrected chi connectivity index (χ1v) is 9.79. The van der Waals surface area contributed by atoms with Crippen LogP contribution in [0.1, 0.15) is 43.6 Å².